The molecular formula is C18H21N5O3S2. The van der Waals surface area contributed by atoms with Crippen LogP contribution in [0.3, 0.4) is 0 Å². The molecule has 3 heterocycles. The van der Waals surface area contributed by atoms with E-state index in [4.69, 9.17) is 0 Å². The molecule has 1 aliphatic rings. The highest BCUT2D eigenvalue weighted by molar-refractivity contribution is 7.89. The minimum absolute atomic E-state index is 0.0583. The van der Waals surface area contributed by atoms with Crippen LogP contribution in [0, 0.1) is 6.92 Å². The van der Waals surface area contributed by atoms with Gasteiger partial charge in [0.1, 0.15) is 5.82 Å². The maximum Gasteiger partial charge on any atom is 0.262 e. The summed E-state index contributed by atoms with van der Waals surface area (Å²) in [6, 6.07) is 5.48. The number of benzene rings is 1. The number of aromatic nitrogens is 3. The number of amides is 1. The summed E-state index contributed by atoms with van der Waals surface area (Å²) in [5.41, 5.74) is 3.24. The van der Waals surface area contributed by atoms with Crippen LogP contribution in [0.1, 0.15) is 22.6 Å². The highest BCUT2D eigenvalue weighted by Crippen LogP contribution is 2.21. The molecule has 1 saturated heterocycles. The summed E-state index contributed by atoms with van der Waals surface area (Å²) in [7, 11) is -1.90. The van der Waals surface area contributed by atoms with Gasteiger partial charge in [-0.1, -0.05) is 0 Å². The summed E-state index contributed by atoms with van der Waals surface area (Å²) in [6.07, 6.45) is 2.11. The van der Waals surface area contributed by atoms with Crippen LogP contribution >= 0.6 is 11.3 Å². The van der Waals surface area contributed by atoms with Crippen molar-refractivity contribution in [2.24, 2.45) is 7.05 Å². The number of hydrogen-bond acceptors (Lipinski definition) is 6. The first-order valence-corrected chi connectivity index (χ1v) is 11.3. The Morgan fingerprint density at radius 1 is 1.18 bits per heavy atom. The number of sulfonamides is 1. The van der Waals surface area contributed by atoms with E-state index in [1.165, 1.54) is 21.8 Å². The lowest BCUT2D eigenvalue weighted by atomic mass is 10.2. The van der Waals surface area contributed by atoms with Crippen LogP contribution in [0.2, 0.25) is 0 Å². The summed E-state index contributed by atoms with van der Waals surface area (Å²) in [4.78, 5) is 23.0. The van der Waals surface area contributed by atoms with E-state index in [-0.39, 0.29) is 17.5 Å². The molecule has 0 radical (unpaired) electrons. The van der Waals surface area contributed by atoms with Crippen molar-refractivity contribution in [1.29, 1.82) is 0 Å². The lowest BCUT2D eigenvalue weighted by Crippen LogP contribution is -2.37. The van der Waals surface area contributed by atoms with Gasteiger partial charge in [0.05, 0.1) is 15.7 Å². The van der Waals surface area contributed by atoms with Crippen molar-refractivity contribution in [2.45, 2.75) is 18.4 Å². The van der Waals surface area contributed by atoms with Crippen LogP contribution in [-0.4, -0.2) is 64.2 Å². The molecular weight excluding hydrogens is 398 g/mol. The van der Waals surface area contributed by atoms with Crippen molar-refractivity contribution < 1.29 is 13.2 Å². The molecule has 2 aromatic heterocycles. The molecule has 8 nitrogen and oxygen atoms in total. The minimum Gasteiger partial charge on any atom is -0.337 e. The minimum atomic E-state index is -3.67. The van der Waals surface area contributed by atoms with Gasteiger partial charge in [0, 0.05) is 45.0 Å². The fraction of sp³-hybridized carbons (Fsp3) is 0.389. The highest BCUT2D eigenvalue weighted by Gasteiger charge is 2.30. The number of rotatable bonds is 3. The predicted molar refractivity (Wildman–Crippen MR) is 107 cm³/mol. The molecule has 0 atom stereocenters. The normalized spacial score (nSPS) is 16.4. The largest absolute Gasteiger partial charge is 0.337 e. The Labute approximate surface area is 167 Å². The van der Waals surface area contributed by atoms with Gasteiger partial charge in [-0.25, -0.2) is 18.4 Å². The van der Waals surface area contributed by atoms with Gasteiger partial charge in [-0.15, -0.1) is 11.3 Å². The second-order valence-corrected chi connectivity index (χ2v) is 9.59. The fourth-order valence-electron chi connectivity index (χ4n) is 3.29. The van der Waals surface area contributed by atoms with Crippen molar-refractivity contribution in [3.05, 3.63) is 41.3 Å². The molecule has 0 aliphatic carbocycles. The van der Waals surface area contributed by atoms with Gasteiger partial charge in [0.25, 0.3) is 15.9 Å². The first-order valence-electron chi connectivity index (χ1n) is 8.99. The quantitative estimate of drug-likeness (QED) is 0.647. The van der Waals surface area contributed by atoms with E-state index in [0.29, 0.717) is 37.4 Å². The number of imidazole rings is 1. The van der Waals surface area contributed by atoms with E-state index < -0.39 is 10.0 Å². The van der Waals surface area contributed by atoms with E-state index in [9.17, 15) is 13.2 Å². The number of carbonyl (C=O) groups is 1. The maximum absolute atomic E-state index is 12.9. The summed E-state index contributed by atoms with van der Waals surface area (Å²) in [5, 5.41) is 0.0583. The van der Waals surface area contributed by atoms with Crippen LogP contribution in [0.5, 0.6) is 0 Å². The molecule has 0 spiro atoms. The van der Waals surface area contributed by atoms with E-state index in [0.717, 1.165) is 10.2 Å². The van der Waals surface area contributed by atoms with Crippen LogP contribution in [-0.2, 0) is 17.1 Å². The zero-order chi connectivity index (χ0) is 19.9. The lowest BCUT2D eigenvalue weighted by Gasteiger charge is -2.21. The molecule has 28 heavy (non-hydrogen) atoms. The van der Waals surface area contributed by atoms with Crippen molar-refractivity contribution in [3.63, 3.8) is 0 Å². The van der Waals surface area contributed by atoms with E-state index in [2.05, 4.69) is 9.97 Å². The number of nitrogens with zero attached hydrogens (tertiary/aromatic N) is 5. The Kier molecular flexibility index (Phi) is 4.94. The predicted octanol–water partition coefficient (Wildman–Crippen LogP) is 1.88. The molecule has 10 heteroatoms. The molecule has 0 N–H and O–H groups in total. The van der Waals surface area contributed by atoms with Gasteiger partial charge in [-0.3, -0.25) is 4.79 Å². The molecule has 1 aliphatic heterocycles. The number of fused-ring (bicyclic) bond motifs is 1. The SMILES string of the molecule is Cc1nc(S(=O)(=O)N2CCCN(C(=O)c3ccc4ncsc4c3)CC2)cn1C. The second kappa shape index (κ2) is 7.26. The van der Waals surface area contributed by atoms with Gasteiger partial charge in [0.15, 0.2) is 5.03 Å². The second-order valence-electron chi connectivity index (χ2n) is 6.82. The van der Waals surface area contributed by atoms with Crippen molar-refractivity contribution in [1.82, 2.24) is 23.7 Å². The molecule has 0 unspecified atom stereocenters. The third-order valence-electron chi connectivity index (χ3n) is 5.01. The highest BCUT2D eigenvalue weighted by atomic mass is 32.2. The summed E-state index contributed by atoms with van der Waals surface area (Å²) < 4.78 is 29.9. The summed E-state index contributed by atoms with van der Waals surface area (Å²) in [6.45, 7) is 3.27. The monoisotopic (exact) mass is 419 g/mol. The van der Waals surface area contributed by atoms with E-state index in [1.54, 1.807) is 35.0 Å². The van der Waals surface area contributed by atoms with E-state index >= 15 is 0 Å². The van der Waals surface area contributed by atoms with Crippen molar-refractivity contribution >= 4 is 37.5 Å². The van der Waals surface area contributed by atoms with Crippen molar-refractivity contribution in [2.75, 3.05) is 26.2 Å². The number of aryl methyl sites for hydroxylation is 2. The number of hydrogen-bond donors (Lipinski definition) is 0. The van der Waals surface area contributed by atoms with Gasteiger partial charge in [-0.05, 0) is 31.5 Å². The topological polar surface area (TPSA) is 88.4 Å². The number of thiazole rings is 1. The van der Waals surface area contributed by atoms with Gasteiger partial charge < -0.3 is 9.47 Å². The third kappa shape index (κ3) is 3.43. The van der Waals surface area contributed by atoms with Gasteiger partial charge in [0.2, 0.25) is 0 Å². The molecule has 1 aromatic carbocycles. The molecule has 0 saturated carbocycles. The standard InChI is InChI=1S/C18H21N5O3S2/c1-13-20-17(11-21(13)2)28(25,26)23-7-3-6-22(8-9-23)18(24)14-4-5-15-16(10-14)27-12-19-15/h4-5,10-12H,3,6-9H2,1-2H3. The zero-order valence-electron chi connectivity index (χ0n) is 15.7. The average molecular weight is 420 g/mol. The van der Waals surface area contributed by atoms with Crippen LogP contribution in [0.4, 0.5) is 0 Å². The zero-order valence-corrected chi connectivity index (χ0v) is 17.3. The fourth-order valence-corrected chi connectivity index (χ4v) is 5.50. The van der Waals surface area contributed by atoms with Gasteiger partial charge in [-0.2, -0.15) is 4.31 Å². The molecule has 0 bridgehead atoms. The van der Waals surface area contributed by atoms with Gasteiger partial charge >= 0.3 is 0 Å². The Balaban J connectivity index is 1.50. The summed E-state index contributed by atoms with van der Waals surface area (Å²) >= 11 is 1.50. The van der Waals surface area contributed by atoms with Crippen LogP contribution in [0.25, 0.3) is 10.2 Å². The molecule has 1 fully saturated rings. The first kappa shape index (κ1) is 19.0. The first-order chi connectivity index (χ1) is 13.4. The van der Waals surface area contributed by atoms with Crippen LogP contribution < -0.4 is 0 Å². The maximum atomic E-state index is 12.9. The summed E-state index contributed by atoms with van der Waals surface area (Å²) in [5.74, 6) is 0.562. The Morgan fingerprint density at radius 3 is 2.75 bits per heavy atom. The Bertz CT molecular complexity index is 1120. The molecule has 4 rings (SSSR count). The lowest BCUT2D eigenvalue weighted by molar-refractivity contribution is 0.0764. The van der Waals surface area contributed by atoms with Crippen molar-refractivity contribution in [3.8, 4) is 0 Å². The van der Waals surface area contributed by atoms with Crippen LogP contribution in [0.15, 0.2) is 34.9 Å². The molecule has 3 aromatic rings. The Hall–Kier alpha value is -2.30. The third-order valence-corrected chi connectivity index (χ3v) is 7.57. The Morgan fingerprint density at radius 2 is 2.00 bits per heavy atom. The molecule has 148 valence electrons. The molecule has 1 amide bonds. The smallest absolute Gasteiger partial charge is 0.262 e. The number of carbonyl (C=O) groups excluding carboxylic acids is 1. The average Bonchev–Trinajstić information content (AvgIpc) is 3.18. The van der Waals surface area contributed by atoms with E-state index in [1.807, 2.05) is 12.1 Å².